The van der Waals surface area contributed by atoms with E-state index in [2.05, 4.69) is 0 Å². The summed E-state index contributed by atoms with van der Waals surface area (Å²) in [7, 11) is -4.88. The van der Waals surface area contributed by atoms with E-state index in [1.54, 1.807) is 0 Å². The summed E-state index contributed by atoms with van der Waals surface area (Å²) in [6, 6.07) is 3.13. The Labute approximate surface area is 112 Å². The fourth-order valence-electron chi connectivity index (χ4n) is 0.874. The smallest absolute Gasteiger partial charge is 0.744 e. The Morgan fingerprint density at radius 2 is 1.87 bits per heavy atom. The molecular weight excluding hydrogens is 257 g/mol. The van der Waals surface area contributed by atoms with Crippen LogP contribution in [0.25, 0.3) is 0 Å². The average Bonchev–Trinajstić information content (AvgIpc) is 2.01. The van der Waals surface area contributed by atoms with Crippen LogP contribution in [0.2, 0.25) is 5.02 Å². The van der Waals surface area contributed by atoms with Crippen molar-refractivity contribution in [1.82, 2.24) is 0 Å². The van der Waals surface area contributed by atoms with Gasteiger partial charge >= 0.3 is 35.2 Å². The van der Waals surface area contributed by atoms with Gasteiger partial charge in [0, 0.05) is 0 Å². The normalized spacial score (nSPS) is 10.5. The summed E-state index contributed by atoms with van der Waals surface area (Å²) >= 11 is 5.39. The van der Waals surface area contributed by atoms with Gasteiger partial charge in [-0.1, -0.05) is 17.7 Å². The predicted octanol–water partition coefficient (Wildman–Crippen LogP) is -1.84. The fourth-order valence-corrected chi connectivity index (χ4v) is 1.84. The SMILES string of the molecule is O=[N+]([O-])c1c(Cl)cccc1S(=O)(=O)[O-].[Na+]. The number of nitro benzene ring substituents is 1. The summed E-state index contributed by atoms with van der Waals surface area (Å²) in [6.45, 7) is 0. The van der Waals surface area contributed by atoms with Gasteiger partial charge in [-0.3, -0.25) is 10.1 Å². The van der Waals surface area contributed by atoms with Crippen LogP contribution >= 0.6 is 11.6 Å². The molecule has 6 nitrogen and oxygen atoms in total. The molecule has 0 aliphatic carbocycles. The van der Waals surface area contributed by atoms with E-state index in [4.69, 9.17) is 11.6 Å². The van der Waals surface area contributed by atoms with Crippen LogP contribution in [-0.2, 0) is 10.1 Å². The van der Waals surface area contributed by atoms with Crippen molar-refractivity contribution in [3.63, 3.8) is 0 Å². The standard InChI is InChI=1S/C6H4ClNO5S.Na/c7-4-2-1-3-5(14(11,12)13)6(4)8(9)10;/h1-3H,(H,11,12,13);/q;+1/p-1. The molecule has 0 saturated heterocycles. The van der Waals surface area contributed by atoms with Gasteiger partial charge in [0.2, 0.25) is 0 Å². The third-order valence-electron chi connectivity index (χ3n) is 1.40. The molecule has 0 aliphatic heterocycles. The molecule has 1 aromatic carbocycles. The summed E-state index contributed by atoms with van der Waals surface area (Å²) in [4.78, 5) is 8.48. The molecule has 0 aromatic heterocycles. The van der Waals surface area contributed by atoms with E-state index in [0.717, 1.165) is 18.2 Å². The van der Waals surface area contributed by atoms with Gasteiger partial charge in [0.25, 0.3) is 0 Å². The van der Waals surface area contributed by atoms with E-state index < -0.39 is 25.6 Å². The molecule has 0 N–H and O–H groups in total. The number of para-hydroxylation sites is 1. The molecule has 0 aliphatic rings. The molecule has 9 heteroatoms. The molecule has 1 aromatic rings. The van der Waals surface area contributed by atoms with Gasteiger partial charge in [0.05, 0.1) is 4.92 Å². The zero-order valence-electron chi connectivity index (χ0n) is 7.51. The summed E-state index contributed by atoms with van der Waals surface area (Å²) in [5, 5.41) is 10.0. The number of hydrogen-bond donors (Lipinski definition) is 0. The Balaban J connectivity index is 0.00000196. The number of nitrogens with zero attached hydrogens (tertiary/aromatic N) is 1. The summed E-state index contributed by atoms with van der Waals surface area (Å²) in [5.74, 6) is 0. The van der Waals surface area contributed by atoms with Gasteiger partial charge in [-0.15, -0.1) is 0 Å². The number of rotatable bonds is 2. The second kappa shape index (κ2) is 5.24. The third-order valence-corrected chi connectivity index (χ3v) is 2.57. The minimum Gasteiger partial charge on any atom is -0.744 e. The molecule has 15 heavy (non-hydrogen) atoms. The monoisotopic (exact) mass is 259 g/mol. The van der Waals surface area contributed by atoms with Crippen molar-refractivity contribution in [1.29, 1.82) is 0 Å². The van der Waals surface area contributed by atoms with Gasteiger partial charge < -0.3 is 4.55 Å². The van der Waals surface area contributed by atoms with E-state index in [9.17, 15) is 23.1 Å². The maximum Gasteiger partial charge on any atom is 1.00 e. The first kappa shape index (κ1) is 14.8. The largest absolute Gasteiger partial charge is 1.00 e. The van der Waals surface area contributed by atoms with Crippen molar-refractivity contribution in [2.45, 2.75) is 4.90 Å². The van der Waals surface area contributed by atoms with Crippen LogP contribution in [0.4, 0.5) is 5.69 Å². The molecule has 1 rings (SSSR count). The van der Waals surface area contributed by atoms with Gasteiger partial charge in [-0.05, 0) is 12.1 Å². The molecule has 0 unspecified atom stereocenters. The molecule has 0 heterocycles. The molecule has 0 spiro atoms. The van der Waals surface area contributed by atoms with Crippen molar-refractivity contribution in [3.05, 3.63) is 33.3 Å². The Bertz CT molecular complexity index is 488. The maximum absolute atomic E-state index is 10.6. The Kier molecular flexibility index (Phi) is 5.18. The summed E-state index contributed by atoms with van der Waals surface area (Å²) in [6.07, 6.45) is 0. The first-order valence-electron chi connectivity index (χ1n) is 3.23. The molecule has 0 atom stereocenters. The van der Waals surface area contributed by atoms with Gasteiger partial charge in [-0.25, -0.2) is 8.42 Å². The third kappa shape index (κ3) is 3.40. The zero-order chi connectivity index (χ0) is 10.9. The number of benzene rings is 1. The number of nitro groups is 1. The van der Waals surface area contributed by atoms with E-state index in [1.165, 1.54) is 0 Å². The summed E-state index contributed by atoms with van der Waals surface area (Å²) in [5.41, 5.74) is -0.885. The van der Waals surface area contributed by atoms with Crippen molar-refractivity contribution >= 4 is 27.4 Å². The Morgan fingerprint density at radius 3 is 2.20 bits per heavy atom. The van der Waals surface area contributed by atoms with Crippen molar-refractivity contribution in [2.24, 2.45) is 0 Å². The summed E-state index contributed by atoms with van der Waals surface area (Å²) < 4.78 is 31.8. The predicted molar refractivity (Wildman–Crippen MR) is 46.1 cm³/mol. The Hall–Kier alpha value is -0.180. The van der Waals surface area contributed by atoms with Crippen molar-refractivity contribution in [2.75, 3.05) is 0 Å². The topological polar surface area (TPSA) is 100 Å². The van der Waals surface area contributed by atoms with Gasteiger partial charge in [-0.2, -0.15) is 0 Å². The number of hydrogen-bond acceptors (Lipinski definition) is 5. The molecule has 0 bridgehead atoms. The van der Waals surface area contributed by atoms with Gasteiger partial charge in [0.15, 0.2) is 0 Å². The second-order valence-corrected chi connectivity index (χ2v) is 4.05. The van der Waals surface area contributed by atoms with E-state index in [-0.39, 0.29) is 34.6 Å². The van der Waals surface area contributed by atoms with Crippen molar-refractivity contribution < 1.29 is 47.5 Å². The van der Waals surface area contributed by atoms with Crippen LogP contribution in [0, 0.1) is 10.1 Å². The number of halogens is 1. The van der Waals surface area contributed by atoms with Gasteiger partial charge in [0.1, 0.15) is 20.0 Å². The average molecular weight is 260 g/mol. The van der Waals surface area contributed by atoms with Crippen LogP contribution in [-0.4, -0.2) is 17.9 Å². The van der Waals surface area contributed by atoms with Crippen LogP contribution in [0.5, 0.6) is 0 Å². The van der Waals surface area contributed by atoms with Crippen LogP contribution < -0.4 is 29.6 Å². The molecule has 0 radical (unpaired) electrons. The van der Waals surface area contributed by atoms with E-state index >= 15 is 0 Å². The first-order chi connectivity index (χ1) is 6.34. The molecule has 0 fully saturated rings. The Morgan fingerprint density at radius 1 is 1.33 bits per heavy atom. The zero-order valence-corrected chi connectivity index (χ0v) is 11.1. The molecular formula is C6H3ClNNaO5S. The van der Waals surface area contributed by atoms with Crippen LogP contribution in [0.3, 0.4) is 0 Å². The molecule has 76 valence electrons. The van der Waals surface area contributed by atoms with Crippen LogP contribution in [0.1, 0.15) is 0 Å². The van der Waals surface area contributed by atoms with E-state index in [0.29, 0.717) is 0 Å². The van der Waals surface area contributed by atoms with Crippen LogP contribution in [0.15, 0.2) is 23.1 Å². The quantitative estimate of drug-likeness (QED) is 0.269. The molecule has 0 saturated carbocycles. The molecule has 0 amide bonds. The minimum absolute atomic E-state index is 0. The fraction of sp³-hybridized carbons (Fsp3) is 0. The van der Waals surface area contributed by atoms with Crippen molar-refractivity contribution in [3.8, 4) is 0 Å². The second-order valence-electron chi connectivity index (χ2n) is 2.30. The maximum atomic E-state index is 10.6. The minimum atomic E-state index is -4.88. The first-order valence-corrected chi connectivity index (χ1v) is 5.01. The van der Waals surface area contributed by atoms with E-state index in [1.807, 2.05) is 0 Å².